The SMILES string of the molecule is c1ccc(-c2ccc(N(c3ccc(-c4cccc(C5(c6ccccc6)c6ccccc6-c6ccccc65)c4)cc3)c3cccc4c3sc3ccccc34)cc2)cc1. The van der Waals surface area contributed by atoms with Crippen molar-refractivity contribution in [2.24, 2.45) is 0 Å². The smallest absolute Gasteiger partial charge is 0.0713 e. The highest BCUT2D eigenvalue weighted by Gasteiger charge is 2.45. The molecule has 268 valence electrons. The molecule has 1 aromatic heterocycles. The number of hydrogen-bond donors (Lipinski definition) is 0. The molecular formula is C55H37NS. The minimum atomic E-state index is -0.434. The van der Waals surface area contributed by atoms with Crippen molar-refractivity contribution in [3.8, 4) is 33.4 Å². The molecule has 1 heterocycles. The fourth-order valence-electron chi connectivity index (χ4n) is 9.22. The first kappa shape index (κ1) is 33.3. The van der Waals surface area contributed by atoms with Crippen LogP contribution in [-0.2, 0) is 5.41 Å². The zero-order valence-corrected chi connectivity index (χ0v) is 32.0. The van der Waals surface area contributed by atoms with Gasteiger partial charge in [-0.15, -0.1) is 11.3 Å². The van der Waals surface area contributed by atoms with Gasteiger partial charge in [-0.05, 0) is 98.1 Å². The molecule has 1 aliphatic rings. The minimum Gasteiger partial charge on any atom is -0.309 e. The molecule has 1 nitrogen and oxygen atoms in total. The summed E-state index contributed by atoms with van der Waals surface area (Å²) in [5.41, 5.74) is 15.6. The summed E-state index contributed by atoms with van der Waals surface area (Å²) in [5, 5.41) is 2.59. The molecule has 0 spiro atoms. The lowest BCUT2D eigenvalue weighted by atomic mass is 9.67. The van der Waals surface area contributed by atoms with Crippen molar-refractivity contribution in [1.29, 1.82) is 0 Å². The Bertz CT molecular complexity index is 3010. The van der Waals surface area contributed by atoms with Gasteiger partial charge in [0.2, 0.25) is 0 Å². The first-order valence-corrected chi connectivity index (χ1v) is 20.4. The number of rotatable bonds is 7. The monoisotopic (exact) mass is 743 g/mol. The average molecular weight is 744 g/mol. The van der Waals surface area contributed by atoms with Crippen molar-refractivity contribution in [2.75, 3.05) is 4.90 Å². The average Bonchev–Trinajstić information content (AvgIpc) is 3.82. The number of benzene rings is 9. The van der Waals surface area contributed by atoms with Crippen LogP contribution in [0.1, 0.15) is 22.3 Å². The summed E-state index contributed by atoms with van der Waals surface area (Å²) in [6.07, 6.45) is 0. The maximum absolute atomic E-state index is 2.42. The molecule has 0 aliphatic heterocycles. The maximum atomic E-state index is 2.42. The third-order valence-electron chi connectivity index (χ3n) is 11.8. The van der Waals surface area contributed by atoms with E-state index in [9.17, 15) is 0 Å². The Morgan fingerprint density at radius 3 is 1.53 bits per heavy atom. The van der Waals surface area contributed by atoms with Gasteiger partial charge in [-0.3, -0.25) is 0 Å². The van der Waals surface area contributed by atoms with Crippen LogP contribution in [0, 0.1) is 0 Å². The normalized spacial score (nSPS) is 12.7. The van der Waals surface area contributed by atoms with E-state index in [2.05, 4.69) is 229 Å². The highest BCUT2D eigenvalue weighted by Crippen LogP contribution is 2.56. The van der Waals surface area contributed by atoms with Gasteiger partial charge in [-0.1, -0.05) is 182 Å². The highest BCUT2D eigenvalue weighted by molar-refractivity contribution is 7.26. The number of nitrogens with zero attached hydrogens (tertiary/aromatic N) is 1. The van der Waals surface area contributed by atoms with Crippen LogP contribution in [0.25, 0.3) is 53.6 Å². The molecule has 0 N–H and O–H groups in total. The van der Waals surface area contributed by atoms with Crippen LogP contribution in [0.3, 0.4) is 0 Å². The summed E-state index contributed by atoms with van der Waals surface area (Å²) in [6.45, 7) is 0. The van der Waals surface area contributed by atoms with Crippen molar-refractivity contribution >= 4 is 48.6 Å². The van der Waals surface area contributed by atoms with Crippen molar-refractivity contribution < 1.29 is 0 Å². The van der Waals surface area contributed by atoms with Gasteiger partial charge in [0.1, 0.15) is 0 Å². The fraction of sp³-hybridized carbons (Fsp3) is 0.0182. The predicted molar refractivity (Wildman–Crippen MR) is 242 cm³/mol. The van der Waals surface area contributed by atoms with Crippen LogP contribution in [0.5, 0.6) is 0 Å². The lowest BCUT2D eigenvalue weighted by Gasteiger charge is -2.34. The van der Waals surface area contributed by atoms with Crippen molar-refractivity contribution in [3.05, 3.63) is 247 Å². The third-order valence-corrected chi connectivity index (χ3v) is 13.0. The molecule has 0 fully saturated rings. The van der Waals surface area contributed by atoms with Gasteiger partial charge in [-0.2, -0.15) is 0 Å². The topological polar surface area (TPSA) is 3.24 Å². The third kappa shape index (κ3) is 5.37. The molecule has 1 aliphatic carbocycles. The van der Waals surface area contributed by atoms with Gasteiger partial charge in [0, 0.05) is 26.8 Å². The summed E-state index contributed by atoms with van der Waals surface area (Å²) in [6, 6.07) is 82.4. The molecule has 0 amide bonds. The minimum absolute atomic E-state index is 0.434. The molecule has 0 atom stereocenters. The second kappa shape index (κ2) is 13.6. The van der Waals surface area contributed by atoms with Gasteiger partial charge in [-0.25, -0.2) is 0 Å². The van der Waals surface area contributed by atoms with Crippen molar-refractivity contribution in [3.63, 3.8) is 0 Å². The Morgan fingerprint density at radius 2 is 0.842 bits per heavy atom. The van der Waals surface area contributed by atoms with Gasteiger partial charge < -0.3 is 4.90 Å². The van der Waals surface area contributed by atoms with Gasteiger partial charge in [0.05, 0.1) is 15.8 Å². The van der Waals surface area contributed by atoms with Gasteiger partial charge >= 0.3 is 0 Å². The fourth-order valence-corrected chi connectivity index (χ4v) is 10.4. The lowest BCUT2D eigenvalue weighted by Crippen LogP contribution is -2.28. The van der Waals surface area contributed by atoms with Crippen LogP contribution in [-0.4, -0.2) is 0 Å². The Labute approximate surface area is 337 Å². The van der Waals surface area contributed by atoms with E-state index in [1.54, 1.807) is 0 Å². The van der Waals surface area contributed by atoms with E-state index in [0.29, 0.717) is 0 Å². The van der Waals surface area contributed by atoms with Gasteiger partial charge in [0.15, 0.2) is 0 Å². The summed E-state index contributed by atoms with van der Waals surface area (Å²) >= 11 is 1.87. The largest absolute Gasteiger partial charge is 0.309 e. The molecular weight excluding hydrogens is 707 g/mol. The van der Waals surface area contributed by atoms with Crippen LogP contribution in [0.2, 0.25) is 0 Å². The van der Waals surface area contributed by atoms with Crippen molar-refractivity contribution in [2.45, 2.75) is 5.41 Å². The van der Waals surface area contributed by atoms with Crippen LogP contribution in [0.4, 0.5) is 17.1 Å². The molecule has 11 rings (SSSR count). The molecule has 0 bridgehead atoms. The predicted octanol–water partition coefficient (Wildman–Crippen LogP) is 15.2. The van der Waals surface area contributed by atoms with E-state index in [4.69, 9.17) is 0 Å². The second-order valence-electron chi connectivity index (χ2n) is 14.8. The molecule has 0 saturated heterocycles. The molecule has 0 unspecified atom stereocenters. The zero-order chi connectivity index (χ0) is 37.8. The second-order valence-corrected chi connectivity index (χ2v) is 15.9. The number of thiophene rings is 1. The molecule has 0 saturated carbocycles. The summed E-state index contributed by atoms with van der Waals surface area (Å²) in [7, 11) is 0. The van der Waals surface area contributed by atoms with E-state index in [1.807, 2.05) is 11.3 Å². The van der Waals surface area contributed by atoms with E-state index in [1.165, 1.54) is 81.5 Å². The Balaban J connectivity index is 1.04. The number of hydrogen-bond acceptors (Lipinski definition) is 2. The first-order chi connectivity index (χ1) is 28.3. The van der Waals surface area contributed by atoms with E-state index in [0.717, 1.165) is 11.4 Å². The Hall–Kier alpha value is -7.00. The summed E-state index contributed by atoms with van der Waals surface area (Å²) in [5.74, 6) is 0. The Morgan fingerprint density at radius 1 is 0.351 bits per heavy atom. The van der Waals surface area contributed by atoms with E-state index in [-0.39, 0.29) is 0 Å². The molecule has 0 radical (unpaired) electrons. The lowest BCUT2D eigenvalue weighted by molar-refractivity contribution is 0.769. The highest BCUT2D eigenvalue weighted by atomic mass is 32.1. The van der Waals surface area contributed by atoms with Crippen LogP contribution in [0.15, 0.2) is 224 Å². The quantitative estimate of drug-likeness (QED) is 0.157. The molecule has 2 heteroatoms. The Kier molecular flexibility index (Phi) is 7.98. The summed E-state index contributed by atoms with van der Waals surface area (Å²) < 4.78 is 2.58. The zero-order valence-electron chi connectivity index (χ0n) is 31.2. The van der Waals surface area contributed by atoms with Crippen molar-refractivity contribution in [1.82, 2.24) is 0 Å². The first-order valence-electron chi connectivity index (χ1n) is 19.6. The van der Waals surface area contributed by atoms with Crippen LogP contribution >= 0.6 is 11.3 Å². The van der Waals surface area contributed by atoms with Gasteiger partial charge in [0.25, 0.3) is 0 Å². The van der Waals surface area contributed by atoms with E-state index >= 15 is 0 Å². The molecule has 9 aromatic carbocycles. The molecule has 57 heavy (non-hydrogen) atoms. The maximum Gasteiger partial charge on any atom is 0.0713 e. The standard InChI is InChI=1S/C55H37NS/c1-3-15-38(16-4-1)39-29-33-44(34-30-39)56(52-27-14-24-49-48-23-9-12-28-53(48)57-54(49)52)45-35-31-40(32-36-45)41-17-13-20-43(37-41)55(42-18-5-2-6-19-42)50-25-10-7-21-46(50)47-22-8-11-26-51(47)55/h1-37H. The van der Waals surface area contributed by atoms with E-state index < -0.39 is 5.41 Å². The van der Waals surface area contributed by atoms with Crippen LogP contribution < -0.4 is 4.90 Å². The summed E-state index contributed by atoms with van der Waals surface area (Å²) in [4.78, 5) is 2.42. The number of fused-ring (bicyclic) bond motifs is 6. The number of anilines is 3. The molecule has 10 aromatic rings.